The molecule has 134 heavy (non-hydrogen) atoms. The topological polar surface area (TPSA) is 508 Å². The predicted octanol–water partition coefficient (Wildman–Crippen LogP) is -1.74. The fourth-order valence-electron chi connectivity index (χ4n) is 15.2. The molecule has 4 fully saturated rings. The molecule has 4 saturated heterocycles. The summed E-state index contributed by atoms with van der Waals surface area (Å²) in [6.07, 6.45) is 8.17. The van der Waals surface area contributed by atoms with Gasteiger partial charge in [-0.25, -0.2) is 75.0 Å². The van der Waals surface area contributed by atoms with Crippen LogP contribution in [0.2, 0.25) is 0 Å². The Morgan fingerprint density at radius 2 is 1.12 bits per heavy atom. The van der Waals surface area contributed by atoms with E-state index in [0.717, 1.165) is 18.6 Å². The zero-order valence-electron chi connectivity index (χ0n) is 78.1. The fraction of sp³-hybridized carbons (Fsp3) is 0.488. The number of carbonyl (C=O) groups excluding carboxylic acids is 9. The Morgan fingerprint density at radius 1 is 0.649 bits per heavy atom. The first-order valence-corrected chi connectivity index (χ1v) is 42.7. The van der Waals surface area contributed by atoms with Gasteiger partial charge in [-0.1, -0.05) is 0 Å². The van der Waals surface area contributed by atoms with E-state index in [1.54, 1.807) is 109 Å². The van der Waals surface area contributed by atoms with Crippen molar-refractivity contribution in [2.75, 3.05) is 94.0 Å². The van der Waals surface area contributed by atoms with Gasteiger partial charge in [0.2, 0.25) is 29.5 Å². The molecule has 712 valence electrons. The Balaban J connectivity index is 0.000000205. The number of hydrogen-bond acceptors (Lipinski definition) is 35. The van der Waals surface area contributed by atoms with Crippen LogP contribution in [0.3, 0.4) is 0 Å². The summed E-state index contributed by atoms with van der Waals surface area (Å²) in [5, 5.41) is 26.6. The Morgan fingerprint density at radius 3 is 1.62 bits per heavy atom. The summed E-state index contributed by atoms with van der Waals surface area (Å²) in [5.41, 5.74) is 0.881. The molecule has 0 aliphatic carbocycles. The molecule has 45 nitrogen and oxygen atoms in total. The van der Waals surface area contributed by atoms with E-state index in [-0.39, 0.29) is 257 Å². The number of amides is 6. The number of likely N-dealkylation sites (tertiary alicyclic amines) is 3. The molecule has 3 N–H and O–H groups in total. The summed E-state index contributed by atoms with van der Waals surface area (Å²) < 4.78 is 142. The molecular weight excluding hydrogens is 1850 g/mol. The van der Waals surface area contributed by atoms with Crippen LogP contribution in [0.5, 0.6) is 29.0 Å². The molecule has 8 aliphatic rings. The van der Waals surface area contributed by atoms with Crippen LogP contribution in [0.15, 0.2) is 78.8 Å². The van der Waals surface area contributed by atoms with Gasteiger partial charge >= 0.3 is 137 Å². The van der Waals surface area contributed by atoms with Gasteiger partial charge in [0.25, 0.3) is 17.9 Å². The Kier molecular flexibility index (Phi) is 34.7. The van der Waals surface area contributed by atoms with Crippen LogP contribution in [0.25, 0.3) is 16.9 Å². The smallest absolute Gasteiger partial charge is 1.00 e. The molecule has 17 rings (SSSR count). The van der Waals surface area contributed by atoms with Gasteiger partial charge in [0.05, 0.1) is 154 Å². The second-order valence-corrected chi connectivity index (χ2v) is 34.4. The molecule has 0 spiro atoms. The van der Waals surface area contributed by atoms with E-state index in [9.17, 15) is 69.1 Å². The maximum Gasteiger partial charge on any atom is 1.00 e. The number of rotatable bonds is 13. The van der Waals surface area contributed by atoms with E-state index in [2.05, 4.69) is 54.9 Å². The van der Waals surface area contributed by atoms with Crippen molar-refractivity contribution in [3.8, 4) is 29.0 Å². The molecule has 9 aromatic rings. The van der Waals surface area contributed by atoms with Crippen molar-refractivity contribution < 1.29 is 232 Å². The Labute approximate surface area is 851 Å². The number of H-pyrrole nitrogens is 1. The number of hydrogen-bond donors (Lipinski definition) is 3. The monoisotopic (exact) mass is 1950 g/mol. The quantitative estimate of drug-likeness (QED) is 0.0219. The molecule has 8 aliphatic heterocycles. The fourth-order valence-corrected chi connectivity index (χ4v) is 16.4. The average Bonchev–Trinajstić information content (AvgIpc) is 1.57. The van der Waals surface area contributed by atoms with Crippen LogP contribution < -0.4 is 163 Å². The van der Waals surface area contributed by atoms with Crippen molar-refractivity contribution in [1.82, 2.24) is 88.4 Å². The number of ether oxygens (including phenoxy) is 9. The van der Waals surface area contributed by atoms with Gasteiger partial charge in [0.1, 0.15) is 75.9 Å². The van der Waals surface area contributed by atoms with Gasteiger partial charge in [-0.2, -0.15) is 28.0 Å². The number of halogens is 4. The molecule has 2 bridgehead atoms. The number of alkyl carbamates (subject to hydrolysis) is 1. The van der Waals surface area contributed by atoms with Crippen LogP contribution in [0, 0.1) is 17.5 Å². The molecule has 6 amide bonds. The maximum atomic E-state index is 14.6. The molecule has 0 saturated carbocycles. The number of aromatic amines is 1. The van der Waals surface area contributed by atoms with Crippen LogP contribution in [-0.2, 0) is 77.1 Å². The molecule has 0 radical (unpaired) electrons. The first kappa shape index (κ1) is 104. The van der Waals surface area contributed by atoms with Gasteiger partial charge in [-0.3, -0.25) is 33.2 Å². The number of fused-ring (bicyclic) bond motifs is 9. The van der Waals surface area contributed by atoms with Gasteiger partial charge in [-0.05, 0) is 94.4 Å². The third-order valence-electron chi connectivity index (χ3n) is 20.9. The van der Waals surface area contributed by atoms with Gasteiger partial charge in [0, 0.05) is 63.3 Å². The molecule has 0 aromatic carbocycles. The number of aromatic nitrogens is 12. The minimum absolute atomic E-state index is 0. The summed E-state index contributed by atoms with van der Waals surface area (Å²) in [4.78, 5) is 157. The summed E-state index contributed by atoms with van der Waals surface area (Å²) in [6, 6.07) is 2.97. The number of pyridine rings is 3. The zero-order chi connectivity index (χ0) is 96.6. The normalized spacial score (nSPS) is 19.9. The van der Waals surface area contributed by atoms with Gasteiger partial charge in [0.15, 0.2) is 51.6 Å². The molecular formula is C82H99F4K2N21O24S. The van der Waals surface area contributed by atoms with Gasteiger partial charge < -0.3 is 99.2 Å². The predicted molar refractivity (Wildman–Crippen MR) is 451 cm³/mol. The van der Waals surface area contributed by atoms with Crippen molar-refractivity contribution in [2.45, 2.75) is 183 Å². The zero-order valence-corrected chi connectivity index (χ0v) is 83.1. The second kappa shape index (κ2) is 44.8. The third kappa shape index (κ3) is 24.9. The van der Waals surface area contributed by atoms with Crippen molar-refractivity contribution in [3.05, 3.63) is 135 Å². The summed E-state index contributed by atoms with van der Waals surface area (Å²) in [6.45, 7) is 26.4. The molecule has 0 unspecified atom stereocenters. The first-order chi connectivity index (χ1) is 63.0. The number of carbonyl (C=O) groups is 9. The standard InChI is InChI=1S/C29H36FN7O7.C22H22FN7O4.C21H21FN6O5.C8H15NO5S.CH3F.CH2O3.2K.H/c1-7-41-27(39)20-11-33-37-15-23-25(34-24(20)37)36(21-13-35(17(3)38)14-22(21)43-23)12-18-8-19(30)10-31-26(18)42-16(2)9-32-28(40)44-29(4,5)6;1-11-4-24-21(32)15-6-26-30-10-18-20(27-19(15)30)29(7-13-3-14(23)5-25-22(13)33-11)16-8-28(12(2)31)9-17(16)34-18;1-3-32-21(31)14-6-24-28-10-17-19(25-18(14)28)27(7-12-4-13(22)5-23-20(12)30)15-8-26(11(2)29)9-16(15)33-17;1-6-5-9(15(11,12)14-6)7(10)13-8(2,3)4;1-2;2-1-4-3;;;/h8,10-11,15-16,21-22H,7,9,12-14H2,1-6H3,(H,32,40);3,5-6,10-11,16-17H,4,7-9H2,1-2H3,(H,24,32);4-6,10,15-16H,3,7-9H2,1-2H3,(H,23,30);6H,5H2,1-4H3;1H3;1,3H;;;/q;;;;;;2*+1;-1/p-1/t16-,21+,22-;11-,16+,17-;15-,16+;6-;;;;;/m0011...../s1/i;;;;1D;;;;. The Hall–Kier alpha value is -10.8. The van der Waals surface area contributed by atoms with E-state index in [1.807, 2.05) is 14.7 Å². The van der Waals surface area contributed by atoms with E-state index < -0.39 is 100 Å². The number of nitrogens with one attached hydrogen (secondary N) is 3. The summed E-state index contributed by atoms with van der Waals surface area (Å²) in [7, 11) is -4.95. The van der Waals surface area contributed by atoms with E-state index in [4.69, 9.17) is 64.0 Å². The van der Waals surface area contributed by atoms with E-state index in [1.165, 1.54) is 71.1 Å². The van der Waals surface area contributed by atoms with Crippen molar-refractivity contribution in [3.63, 3.8) is 0 Å². The summed E-state index contributed by atoms with van der Waals surface area (Å²) >= 11 is 0. The number of anilines is 3. The third-order valence-corrected chi connectivity index (χ3v) is 22.3. The molecule has 9 atom stereocenters. The van der Waals surface area contributed by atoms with Crippen LogP contribution in [0.4, 0.5) is 44.6 Å². The minimum Gasteiger partial charge on any atom is -1.00 e. The Bertz CT molecular complexity index is 6060. The van der Waals surface area contributed by atoms with E-state index >= 15 is 0 Å². The molecule has 52 heteroatoms. The molecule has 17 heterocycles. The van der Waals surface area contributed by atoms with Crippen LogP contribution in [-0.4, -0.2) is 286 Å². The van der Waals surface area contributed by atoms with Crippen LogP contribution >= 0.6 is 0 Å². The number of esters is 2. The van der Waals surface area contributed by atoms with E-state index in [0.29, 0.717) is 101 Å². The molecule has 9 aromatic heterocycles. The SMILES string of the molecule is CC(=O)N1C[C@@H]2Oc3cn4ncc5c4nc3N(Cc3cc(F)cnc3O[C@@H](C)CNC5=O)[C@@H]2C1.CCOC(=O)c1cnn2cc3c(nc12)N(Cc1cc(F)c[nH]c1=O)[C@@H]1CN(C(C)=O)C[C@@H]1O3.CCOC(=O)c1cnn2cc3c(nc12)N(Cc1cc(F)cnc1O[C@@H](C)CNC(=O)OC(C)(C)C)[C@@H]1CN(C(C)=O)C[C@@H]1O3.C[C@@H]1CN(C(=O)OC(C)(C)C)S(=O)(=O)O1.O=CO[O-].[2H]CF.[H-].[K+].[K+]. The first-order valence-electron chi connectivity index (χ1n) is 42.0. The number of nitrogens with zero attached hydrogens (tertiary/aromatic N) is 18. The second-order valence-electron chi connectivity index (χ2n) is 33.0. The van der Waals surface area contributed by atoms with Crippen molar-refractivity contribution in [2.24, 2.45) is 0 Å². The minimum atomic E-state index is -3.95. The average molecular weight is 1950 g/mol. The van der Waals surface area contributed by atoms with Crippen molar-refractivity contribution >= 4 is 98.9 Å². The number of alkyl halides is 1. The van der Waals surface area contributed by atoms with Gasteiger partial charge in [-0.15, -0.1) is 0 Å². The largest absolute Gasteiger partial charge is 1.00 e. The van der Waals surface area contributed by atoms with Crippen LogP contribution in [0.1, 0.15) is 147 Å². The van der Waals surface area contributed by atoms with Crippen molar-refractivity contribution in [1.29, 1.82) is 0 Å². The summed E-state index contributed by atoms with van der Waals surface area (Å²) in [5.74, 6) is -0.497. The maximum absolute atomic E-state index is 14.6.